The number of anilines is 1. The molecule has 3 N–H and O–H groups in total. The molecule has 1 saturated heterocycles. The summed E-state index contributed by atoms with van der Waals surface area (Å²) >= 11 is 0. The van der Waals surface area contributed by atoms with Crippen LogP contribution in [0.15, 0.2) is 18.2 Å². The SMILES string of the molecule is CC1CN(C(=O)c2cccc(F)c2N)CC(CO)O1. The number of nitrogen functional groups attached to an aromatic ring is 1. The molecule has 1 fully saturated rings. The number of carbonyl (C=O) groups excluding carboxylic acids is 1. The van der Waals surface area contributed by atoms with Crippen molar-refractivity contribution in [1.29, 1.82) is 0 Å². The van der Waals surface area contributed by atoms with Crippen molar-refractivity contribution in [1.82, 2.24) is 4.90 Å². The minimum absolute atomic E-state index is 0.144. The lowest BCUT2D eigenvalue weighted by Gasteiger charge is -2.36. The first kappa shape index (κ1) is 13.8. The van der Waals surface area contributed by atoms with E-state index in [0.717, 1.165) is 0 Å². The number of morpholine rings is 1. The van der Waals surface area contributed by atoms with E-state index in [-0.39, 0.29) is 36.4 Å². The van der Waals surface area contributed by atoms with E-state index in [4.69, 9.17) is 15.6 Å². The molecule has 2 rings (SSSR count). The maximum absolute atomic E-state index is 13.4. The van der Waals surface area contributed by atoms with Gasteiger partial charge in [0.1, 0.15) is 5.82 Å². The number of aliphatic hydroxyl groups is 1. The predicted molar refractivity (Wildman–Crippen MR) is 68.1 cm³/mol. The van der Waals surface area contributed by atoms with Crippen LogP contribution in [0.5, 0.6) is 0 Å². The Morgan fingerprint density at radius 2 is 2.32 bits per heavy atom. The highest BCUT2D eigenvalue weighted by atomic mass is 19.1. The Balaban J connectivity index is 2.21. The van der Waals surface area contributed by atoms with Crippen LogP contribution in [-0.2, 0) is 4.74 Å². The molecule has 2 unspecified atom stereocenters. The third-order valence-electron chi connectivity index (χ3n) is 3.10. The van der Waals surface area contributed by atoms with Crippen molar-refractivity contribution in [3.63, 3.8) is 0 Å². The first-order valence-electron chi connectivity index (χ1n) is 6.12. The van der Waals surface area contributed by atoms with Crippen LogP contribution in [0.4, 0.5) is 10.1 Å². The van der Waals surface area contributed by atoms with Crippen molar-refractivity contribution >= 4 is 11.6 Å². The lowest BCUT2D eigenvalue weighted by molar-refractivity contribution is -0.0858. The van der Waals surface area contributed by atoms with Gasteiger partial charge in [0.15, 0.2) is 0 Å². The van der Waals surface area contributed by atoms with Crippen molar-refractivity contribution in [3.05, 3.63) is 29.6 Å². The van der Waals surface area contributed by atoms with E-state index in [9.17, 15) is 9.18 Å². The summed E-state index contributed by atoms with van der Waals surface area (Å²) in [6.45, 7) is 2.32. The molecular formula is C13H17FN2O3. The summed E-state index contributed by atoms with van der Waals surface area (Å²) in [5.41, 5.74) is 5.59. The third-order valence-corrected chi connectivity index (χ3v) is 3.10. The minimum atomic E-state index is -0.606. The van der Waals surface area contributed by atoms with E-state index in [2.05, 4.69) is 0 Å². The lowest BCUT2D eigenvalue weighted by atomic mass is 10.1. The van der Waals surface area contributed by atoms with Gasteiger partial charge in [-0.05, 0) is 19.1 Å². The maximum Gasteiger partial charge on any atom is 0.256 e. The number of hydrogen-bond donors (Lipinski definition) is 2. The third kappa shape index (κ3) is 2.85. The number of halogens is 1. The molecule has 1 aromatic carbocycles. The van der Waals surface area contributed by atoms with Gasteiger partial charge in [0.25, 0.3) is 5.91 Å². The highest BCUT2D eigenvalue weighted by Gasteiger charge is 2.29. The molecule has 5 nitrogen and oxygen atoms in total. The number of rotatable bonds is 2. The minimum Gasteiger partial charge on any atom is -0.396 e. The summed E-state index contributed by atoms with van der Waals surface area (Å²) in [5.74, 6) is -0.948. The number of hydrogen-bond acceptors (Lipinski definition) is 4. The van der Waals surface area contributed by atoms with Crippen molar-refractivity contribution < 1.29 is 19.0 Å². The van der Waals surface area contributed by atoms with Gasteiger partial charge in [-0.15, -0.1) is 0 Å². The van der Waals surface area contributed by atoms with Gasteiger partial charge < -0.3 is 20.5 Å². The van der Waals surface area contributed by atoms with E-state index in [1.54, 1.807) is 0 Å². The maximum atomic E-state index is 13.4. The lowest BCUT2D eigenvalue weighted by Crippen LogP contribution is -2.50. The highest BCUT2D eigenvalue weighted by Crippen LogP contribution is 2.20. The quantitative estimate of drug-likeness (QED) is 0.771. The van der Waals surface area contributed by atoms with Gasteiger partial charge in [-0.1, -0.05) is 6.07 Å². The summed E-state index contributed by atoms with van der Waals surface area (Å²) in [7, 11) is 0. The van der Waals surface area contributed by atoms with E-state index in [1.807, 2.05) is 6.92 Å². The van der Waals surface area contributed by atoms with Crippen molar-refractivity contribution in [2.75, 3.05) is 25.4 Å². The smallest absolute Gasteiger partial charge is 0.256 e. The van der Waals surface area contributed by atoms with Crippen LogP contribution in [0.25, 0.3) is 0 Å². The second-order valence-corrected chi connectivity index (χ2v) is 4.66. The van der Waals surface area contributed by atoms with E-state index >= 15 is 0 Å². The molecule has 1 heterocycles. The van der Waals surface area contributed by atoms with Gasteiger partial charge in [0.2, 0.25) is 0 Å². The first-order chi connectivity index (χ1) is 9.02. The molecule has 0 aliphatic carbocycles. The van der Waals surface area contributed by atoms with Gasteiger partial charge in [0.05, 0.1) is 30.1 Å². The standard InChI is InChI=1S/C13H17FN2O3/c1-8-5-16(6-9(7-17)19-8)13(18)10-3-2-4-11(14)12(10)15/h2-4,8-9,17H,5-7,15H2,1H3. The molecule has 6 heteroatoms. The van der Waals surface area contributed by atoms with Crippen LogP contribution in [-0.4, -0.2) is 47.8 Å². The molecule has 2 atom stereocenters. The Morgan fingerprint density at radius 1 is 1.58 bits per heavy atom. The second-order valence-electron chi connectivity index (χ2n) is 4.66. The molecular weight excluding hydrogens is 251 g/mol. The Labute approximate surface area is 110 Å². The van der Waals surface area contributed by atoms with Crippen LogP contribution in [0.3, 0.4) is 0 Å². The molecule has 1 amide bonds. The molecule has 1 aliphatic rings. The molecule has 0 saturated carbocycles. The Hall–Kier alpha value is -1.66. The van der Waals surface area contributed by atoms with Crippen LogP contribution < -0.4 is 5.73 Å². The van der Waals surface area contributed by atoms with Crippen LogP contribution >= 0.6 is 0 Å². The Kier molecular flexibility index (Phi) is 4.01. The summed E-state index contributed by atoms with van der Waals surface area (Å²) in [4.78, 5) is 13.8. The summed E-state index contributed by atoms with van der Waals surface area (Å²) < 4.78 is 18.8. The van der Waals surface area contributed by atoms with Gasteiger partial charge in [0, 0.05) is 13.1 Å². The first-order valence-corrected chi connectivity index (χ1v) is 6.12. The number of para-hydroxylation sites is 1. The fourth-order valence-electron chi connectivity index (χ4n) is 2.21. The molecule has 19 heavy (non-hydrogen) atoms. The van der Waals surface area contributed by atoms with Gasteiger partial charge in [-0.3, -0.25) is 4.79 Å². The zero-order valence-electron chi connectivity index (χ0n) is 10.7. The number of carbonyl (C=O) groups is 1. The number of nitrogens with two attached hydrogens (primary N) is 1. The average Bonchev–Trinajstić information content (AvgIpc) is 2.40. The van der Waals surface area contributed by atoms with Crippen molar-refractivity contribution in [3.8, 4) is 0 Å². The van der Waals surface area contributed by atoms with E-state index in [1.165, 1.54) is 23.1 Å². The number of amides is 1. The topological polar surface area (TPSA) is 75.8 Å². The molecule has 104 valence electrons. The monoisotopic (exact) mass is 268 g/mol. The number of ether oxygens (including phenoxy) is 1. The van der Waals surface area contributed by atoms with Gasteiger partial charge in [-0.2, -0.15) is 0 Å². The van der Waals surface area contributed by atoms with Crippen LogP contribution in [0.1, 0.15) is 17.3 Å². The average molecular weight is 268 g/mol. The van der Waals surface area contributed by atoms with Crippen molar-refractivity contribution in [2.24, 2.45) is 0 Å². The second kappa shape index (κ2) is 5.54. The Morgan fingerprint density at radius 3 is 3.00 bits per heavy atom. The van der Waals surface area contributed by atoms with Crippen LogP contribution in [0.2, 0.25) is 0 Å². The highest BCUT2D eigenvalue weighted by molar-refractivity contribution is 5.99. The summed E-state index contributed by atoms with van der Waals surface area (Å²) in [6, 6.07) is 4.16. The predicted octanol–water partition coefficient (Wildman–Crippen LogP) is 0.630. The van der Waals surface area contributed by atoms with Crippen molar-refractivity contribution in [2.45, 2.75) is 19.1 Å². The molecule has 0 bridgehead atoms. The molecule has 1 aromatic rings. The van der Waals surface area contributed by atoms with E-state index in [0.29, 0.717) is 6.54 Å². The largest absolute Gasteiger partial charge is 0.396 e. The summed E-state index contributed by atoms with van der Waals surface area (Å²) in [5, 5.41) is 9.13. The molecule has 0 spiro atoms. The fourth-order valence-corrected chi connectivity index (χ4v) is 2.21. The van der Waals surface area contributed by atoms with Gasteiger partial charge in [-0.25, -0.2) is 4.39 Å². The Bertz CT molecular complexity index is 481. The fraction of sp³-hybridized carbons (Fsp3) is 0.462. The molecule has 0 aromatic heterocycles. The van der Waals surface area contributed by atoms with Crippen LogP contribution in [0, 0.1) is 5.82 Å². The molecule has 0 radical (unpaired) electrons. The number of benzene rings is 1. The van der Waals surface area contributed by atoms with Gasteiger partial charge >= 0.3 is 0 Å². The molecule has 1 aliphatic heterocycles. The normalized spacial score (nSPS) is 23.4. The zero-order chi connectivity index (χ0) is 14.0. The van der Waals surface area contributed by atoms with E-state index < -0.39 is 11.9 Å². The summed E-state index contributed by atoms with van der Waals surface area (Å²) in [6.07, 6.45) is -0.591. The number of nitrogens with zero attached hydrogens (tertiary/aromatic N) is 1. The number of aliphatic hydroxyl groups excluding tert-OH is 1. The zero-order valence-corrected chi connectivity index (χ0v) is 10.7.